The summed E-state index contributed by atoms with van der Waals surface area (Å²) in [4.78, 5) is 12.7. The fourth-order valence-electron chi connectivity index (χ4n) is 2.09. The molecule has 2 aromatic heterocycles. The van der Waals surface area contributed by atoms with Gasteiger partial charge in [-0.2, -0.15) is 0 Å². The second kappa shape index (κ2) is 4.85. The van der Waals surface area contributed by atoms with Gasteiger partial charge in [-0.1, -0.05) is 5.16 Å². The van der Waals surface area contributed by atoms with E-state index in [9.17, 15) is 4.79 Å². The number of rotatable bonds is 2. The van der Waals surface area contributed by atoms with Crippen LogP contribution in [0, 0.1) is 0 Å². The minimum Gasteiger partial charge on any atom is -0.338 e. The first kappa shape index (κ1) is 11.9. The number of hydrogen-bond acceptors (Lipinski definition) is 4. The zero-order valence-electron chi connectivity index (χ0n) is 9.53. The van der Waals surface area contributed by atoms with Gasteiger partial charge in [-0.25, -0.2) is 0 Å². The summed E-state index contributed by atoms with van der Waals surface area (Å²) in [5.41, 5.74) is 2.05. The van der Waals surface area contributed by atoms with E-state index < -0.39 is 0 Å². The predicted molar refractivity (Wildman–Crippen MR) is 73.1 cm³/mol. The molecule has 0 atom stereocenters. The Labute approximate surface area is 116 Å². The van der Waals surface area contributed by atoms with E-state index in [-0.39, 0.29) is 5.91 Å². The lowest BCUT2D eigenvalue weighted by Crippen LogP contribution is -2.12. The zero-order valence-corrected chi connectivity index (χ0v) is 11.9. The number of thiophene rings is 1. The molecule has 1 aliphatic rings. The highest BCUT2D eigenvalue weighted by Gasteiger charge is 2.21. The fourth-order valence-corrected chi connectivity index (χ4v) is 3.37. The lowest BCUT2D eigenvalue weighted by molar-refractivity contribution is 0.102. The summed E-state index contributed by atoms with van der Waals surface area (Å²) in [6.07, 6.45) is 4.15. The van der Waals surface area contributed by atoms with Gasteiger partial charge < -0.3 is 4.52 Å². The van der Waals surface area contributed by atoms with Crippen LogP contribution >= 0.6 is 27.3 Å². The Balaban J connectivity index is 1.80. The lowest BCUT2D eigenvalue weighted by Gasteiger charge is -2.09. The standard InChI is InChI=1S/C12H11BrN2O2S/c13-10-6-5-9(18-10)11(16)14-12-7-3-1-2-4-8(7)15-17-12/h5-6H,1-4H2,(H,14,16). The molecule has 1 amide bonds. The Bertz CT molecular complexity index is 591. The Kier molecular flexibility index (Phi) is 3.22. The van der Waals surface area contributed by atoms with E-state index >= 15 is 0 Å². The smallest absolute Gasteiger partial charge is 0.268 e. The summed E-state index contributed by atoms with van der Waals surface area (Å²) >= 11 is 4.74. The van der Waals surface area contributed by atoms with E-state index in [1.165, 1.54) is 11.3 Å². The van der Waals surface area contributed by atoms with Gasteiger partial charge in [0.15, 0.2) is 0 Å². The fraction of sp³-hybridized carbons (Fsp3) is 0.333. The summed E-state index contributed by atoms with van der Waals surface area (Å²) in [5, 5.41) is 6.81. The van der Waals surface area contributed by atoms with E-state index in [2.05, 4.69) is 26.4 Å². The Hall–Kier alpha value is -1.14. The lowest BCUT2D eigenvalue weighted by atomic mass is 9.98. The van der Waals surface area contributed by atoms with Crippen molar-refractivity contribution >= 4 is 39.1 Å². The highest BCUT2D eigenvalue weighted by molar-refractivity contribution is 9.11. The highest BCUT2D eigenvalue weighted by Crippen LogP contribution is 2.29. The number of carbonyl (C=O) groups is 1. The van der Waals surface area contributed by atoms with Gasteiger partial charge >= 0.3 is 0 Å². The number of nitrogens with zero attached hydrogens (tertiary/aromatic N) is 1. The molecule has 3 rings (SSSR count). The number of carbonyl (C=O) groups excluding carboxylic acids is 1. The first-order valence-electron chi connectivity index (χ1n) is 5.78. The van der Waals surface area contributed by atoms with Crippen LogP contribution in [-0.2, 0) is 12.8 Å². The van der Waals surface area contributed by atoms with Crippen LogP contribution in [0.1, 0.15) is 33.8 Å². The molecular weight excluding hydrogens is 316 g/mol. The van der Waals surface area contributed by atoms with Crippen molar-refractivity contribution < 1.29 is 9.32 Å². The molecule has 0 spiro atoms. The summed E-state index contributed by atoms with van der Waals surface area (Å²) in [5.74, 6) is 0.370. The second-order valence-corrected chi connectivity index (χ2v) is 6.66. The van der Waals surface area contributed by atoms with Crippen molar-refractivity contribution in [3.05, 3.63) is 32.1 Å². The van der Waals surface area contributed by atoms with Gasteiger partial charge in [0.25, 0.3) is 5.91 Å². The maximum Gasteiger partial charge on any atom is 0.268 e. The number of nitrogens with one attached hydrogen (secondary N) is 1. The number of halogens is 1. The molecule has 0 unspecified atom stereocenters. The van der Waals surface area contributed by atoms with Crippen LogP contribution < -0.4 is 5.32 Å². The van der Waals surface area contributed by atoms with Gasteiger partial charge in [-0.3, -0.25) is 10.1 Å². The van der Waals surface area contributed by atoms with Gasteiger partial charge in [0.05, 0.1) is 14.4 Å². The first-order valence-corrected chi connectivity index (χ1v) is 7.39. The predicted octanol–water partition coefficient (Wildman–Crippen LogP) is 3.63. The quantitative estimate of drug-likeness (QED) is 0.916. The normalized spacial score (nSPS) is 14.3. The molecule has 1 aliphatic carbocycles. The molecule has 0 radical (unpaired) electrons. The molecule has 18 heavy (non-hydrogen) atoms. The van der Waals surface area contributed by atoms with Crippen molar-refractivity contribution in [2.45, 2.75) is 25.7 Å². The Morgan fingerprint density at radius 2 is 2.22 bits per heavy atom. The van der Waals surface area contributed by atoms with Crippen molar-refractivity contribution in [1.82, 2.24) is 5.16 Å². The van der Waals surface area contributed by atoms with Gasteiger partial charge in [-0.05, 0) is 53.7 Å². The van der Waals surface area contributed by atoms with Crippen LogP contribution in [0.2, 0.25) is 0 Å². The molecule has 0 fully saturated rings. The SMILES string of the molecule is O=C(Nc1onc2c1CCCC2)c1ccc(Br)s1. The maximum absolute atomic E-state index is 12.0. The van der Waals surface area contributed by atoms with E-state index in [4.69, 9.17) is 4.52 Å². The molecule has 94 valence electrons. The summed E-state index contributed by atoms with van der Waals surface area (Å²) < 4.78 is 6.16. The molecule has 0 aliphatic heterocycles. The van der Waals surface area contributed by atoms with E-state index in [0.717, 1.165) is 40.7 Å². The molecule has 1 N–H and O–H groups in total. The third kappa shape index (κ3) is 2.22. The first-order chi connectivity index (χ1) is 8.74. The molecule has 4 nitrogen and oxygen atoms in total. The van der Waals surface area contributed by atoms with Crippen LogP contribution in [0.25, 0.3) is 0 Å². The van der Waals surface area contributed by atoms with Gasteiger partial charge in [0.2, 0.25) is 5.88 Å². The number of fused-ring (bicyclic) bond motifs is 1. The zero-order chi connectivity index (χ0) is 12.5. The minimum atomic E-state index is -0.143. The number of anilines is 1. The number of aromatic nitrogens is 1. The minimum absolute atomic E-state index is 0.143. The number of hydrogen-bond donors (Lipinski definition) is 1. The number of amides is 1. The van der Waals surface area contributed by atoms with Crippen molar-refractivity contribution in [3.63, 3.8) is 0 Å². The molecule has 6 heteroatoms. The number of aryl methyl sites for hydroxylation is 1. The average Bonchev–Trinajstić information content (AvgIpc) is 2.97. The molecule has 2 heterocycles. The van der Waals surface area contributed by atoms with Crippen molar-refractivity contribution in [3.8, 4) is 0 Å². The van der Waals surface area contributed by atoms with Gasteiger partial charge in [0, 0.05) is 5.56 Å². The van der Waals surface area contributed by atoms with Gasteiger partial charge in [-0.15, -0.1) is 11.3 Å². The van der Waals surface area contributed by atoms with Crippen molar-refractivity contribution in [2.75, 3.05) is 5.32 Å². The summed E-state index contributed by atoms with van der Waals surface area (Å²) in [6.45, 7) is 0. The van der Waals surface area contributed by atoms with Crippen LogP contribution in [0.3, 0.4) is 0 Å². The summed E-state index contributed by atoms with van der Waals surface area (Å²) in [6, 6.07) is 3.64. The average molecular weight is 327 g/mol. The van der Waals surface area contributed by atoms with Gasteiger partial charge in [0.1, 0.15) is 0 Å². The van der Waals surface area contributed by atoms with E-state index in [1.807, 2.05) is 6.07 Å². The molecule has 2 aromatic rings. The van der Waals surface area contributed by atoms with Crippen LogP contribution in [0.15, 0.2) is 20.4 Å². The van der Waals surface area contributed by atoms with Crippen LogP contribution in [0.5, 0.6) is 0 Å². The third-order valence-corrected chi connectivity index (χ3v) is 4.61. The highest BCUT2D eigenvalue weighted by atomic mass is 79.9. The molecular formula is C12H11BrN2O2S. The Morgan fingerprint density at radius 3 is 3.00 bits per heavy atom. The molecule has 0 bridgehead atoms. The topological polar surface area (TPSA) is 55.1 Å². The van der Waals surface area contributed by atoms with Crippen molar-refractivity contribution in [2.24, 2.45) is 0 Å². The molecule has 0 saturated carbocycles. The molecule has 0 aromatic carbocycles. The maximum atomic E-state index is 12.0. The third-order valence-electron chi connectivity index (χ3n) is 2.98. The van der Waals surface area contributed by atoms with E-state index in [1.54, 1.807) is 6.07 Å². The monoisotopic (exact) mass is 326 g/mol. The van der Waals surface area contributed by atoms with Crippen molar-refractivity contribution in [1.29, 1.82) is 0 Å². The van der Waals surface area contributed by atoms with E-state index in [0.29, 0.717) is 10.8 Å². The molecule has 0 saturated heterocycles. The largest absolute Gasteiger partial charge is 0.338 e. The van der Waals surface area contributed by atoms with Crippen LogP contribution in [0.4, 0.5) is 5.88 Å². The second-order valence-electron chi connectivity index (χ2n) is 4.20. The summed E-state index contributed by atoms with van der Waals surface area (Å²) in [7, 11) is 0. The van der Waals surface area contributed by atoms with Crippen LogP contribution in [-0.4, -0.2) is 11.1 Å². The Morgan fingerprint density at radius 1 is 1.39 bits per heavy atom.